The van der Waals surface area contributed by atoms with Crippen molar-refractivity contribution >= 4 is 54.3 Å². The molecule has 0 bridgehead atoms. The van der Waals surface area contributed by atoms with Crippen LogP contribution in [0.4, 0.5) is 32.0 Å². The minimum atomic E-state index is -4.92. The van der Waals surface area contributed by atoms with E-state index in [1.54, 1.807) is 0 Å². The highest BCUT2D eigenvalue weighted by molar-refractivity contribution is 9.11. The lowest BCUT2D eigenvalue weighted by Crippen LogP contribution is -2.17. The van der Waals surface area contributed by atoms with Gasteiger partial charge in [-0.1, -0.05) is 11.6 Å². The summed E-state index contributed by atoms with van der Waals surface area (Å²) in [6, 6.07) is 1.63. The van der Waals surface area contributed by atoms with Crippen LogP contribution in [0.1, 0.15) is 0 Å². The molecule has 11 heteroatoms. The smallest absolute Gasteiger partial charge is 0.406 e. The van der Waals surface area contributed by atoms with E-state index < -0.39 is 23.5 Å². The molecule has 0 aliphatic carbocycles. The van der Waals surface area contributed by atoms with Gasteiger partial charge >= 0.3 is 12.5 Å². The maximum atomic E-state index is 12.2. The summed E-state index contributed by atoms with van der Waals surface area (Å²) in [5.41, 5.74) is -0.318. The predicted octanol–water partition coefficient (Wildman–Crippen LogP) is 5.94. The number of aliphatic imine (C=N–C) groups is 1. The molecule has 1 aromatic carbocycles. The number of alkyl halides is 6. The van der Waals surface area contributed by atoms with E-state index in [0.29, 0.717) is 0 Å². The summed E-state index contributed by atoms with van der Waals surface area (Å²) in [6.45, 7) is 0. The van der Waals surface area contributed by atoms with Crippen LogP contribution in [0.3, 0.4) is 0 Å². The zero-order valence-corrected chi connectivity index (χ0v) is 12.8. The largest absolute Gasteiger partial charge is 0.573 e. The first-order chi connectivity index (χ1) is 8.90. The van der Waals surface area contributed by atoms with Crippen LogP contribution in [0.25, 0.3) is 0 Å². The molecule has 0 radical (unpaired) electrons. The van der Waals surface area contributed by atoms with Crippen molar-refractivity contribution in [1.82, 2.24) is 0 Å². The van der Waals surface area contributed by atoms with Gasteiger partial charge < -0.3 is 4.74 Å². The van der Waals surface area contributed by atoms with Crippen LogP contribution in [0.15, 0.2) is 26.1 Å². The number of hydrogen-bond donors (Lipinski definition) is 0. The minimum Gasteiger partial charge on any atom is -0.406 e. The average molecular weight is 449 g/mol. The highest BCUT2D eigenvalue weighted by Crippen LogP contribution is 2.40. The Morgan fingerprint density at radius 2 is 1.50 bits per heavy atom. The van der Waals surface area contributed by atoms with E-state index in [2.05, 4.69) is 41.6 Å². The summed E-state index contributed by atoms with van der Waals surface area (Å²) in [6.07, 6.45) is -9.78. The maximum absolute atomic E-state index is 12.2. The number of benzene rings is 1. The number of hydrogen-bond acceptors (Lipinski definition) is 2. The van der Waals surface area contributed by atoms with Gasteiger partial charge in [-0.2, -0.15) is 13.2 Å². The van der Waals surface area contributed by atoms with Gasteiger partial charge in [-0.15, -0.1) is 13.2 Å². The maximum Gasteiger partial charge on any atom is 0.573 e. The summed E-state index contributed by atoms with van der Waals surface area (Å²) in [4.78, 5) is 3.09. The second kappa shape index (κ2) is 6.10. The normalized spacial score (nSPS) is 13.6. The molecule has 1 aromatic rings. The van der Waals surface area contributed by atoms with Gasteiger partial charge in [0.25, 0.3) is 0 Å². The zero-order chi connectivity index (χ0) is 15.7. The number of nitrogens with zero attached hydrogens (tertiary/aromatic N) is 1. The van der Waals surface area contributed by atoms with Gasteiger partial charge in [0, 0.05) is 8.95 Å². The lowest BCUT2D eigenvalue weighted by Gasteiger charge is -2.11. The zero-order valence-electron chi connectivity index (χ0n) is 8.91. The molecule has 0 saturated carbocycles. The Balaban J connectivity index is 3.20. The van der Waals surface area contributed by atoms with Crippen LogP contribution in [0.5, 0.6) is 5.75 Å². The second-order valence-corrected chi connectivity index (χ2v) is 5.25. The van der Waals surface area contributed by atoms with Crippen LogP contribution in [0, 0.1) is 0 Å². The molecule has 0 atom stereocenters. The van der Waals surface area contributed by atoms with Gasteiger partial charge in [0.05, 0.1) is 5.69 Å². The summed E-state index contributed by atoms with van der Waals surface area (Å²) >= 11 is 10.5. The molecule has 0 aliphatic rings. The van der Waals surface area contributed by atoms with E-state index in [9.17, 15) is 26.3 Å². The Bertz CT molecular complexity index is 519. The van der Waals surface area contributed by atoms with Crippen molar-refractivity contribution in [1.29, 1.82) is 0 Å². The van der Waals surface area contributed by atoms with Gasteiger partial charge in [0.1, 0.15) is 5.75 Å². The van der Waals surface area contributed by atoms with Crippen molar-refractivity contribution in [3.05, 3.63) is 21.1 Å². The standard InChI is InChI=1S/C9H2Br2ClF6NO/c10-4-1-3(20-9(16,17)18)2-5(11)6(4)19-7(12)8(13,14)15/h1-2H. The van der Waals surface area contributed by atoms with Crippen LogP contribution < -0.4 is 4.74 Å². The highest BCUT2D eigenvalue weighted by atomic mass is 79.9. The molecule has 20 heavy (non-hydrogen) atoms. The number of ether oxygens (including phenoxy) is 1. The van der Waals surface area contributed by atoms with Gasteiger partial charge in [-0.25, -0.2) is 4.99 Å². The van der Waals surface area contributed by atoms with E-state index in [-0.39, 0.29) is 14.6 Å². The first kappa shape index (κ1) is 17.6. The molecular formula is C9H2Br2ClF6NO. The van der Waals surface area contributed by atoms with Crippen molar-refractivity contribution < 1.29 is 31.1 Å². The van der Waals surface area contributed by atoms with Crippen molar-refractivity contribution in [3.63, 3.8) is 0 Å². The van der Waals surface area contributed by atoms with Gasteiger partial charge in [0.15, 0.2) is 0 Å². The third kappa shape index (κ3) is 5.13. The van der Waals surface area contributed by atoms with E-state index in [1.807, 2.05) is 0 Å². The molecule has 0 aromatic heterocycles. The average Bonchev–Trinajstić information content (AvgIpc) is 2.19. The monoisotopic (exact) mass is 447 g/mol. The number of rotatable bonds is 2. The van der Waals surface area contributed by atoms with E-state index in [1.165, 1.54) is 0 Å². The van der Waals surface area contributed by atoms with Crippen molar-refractivity contribution in [3.8, 4) is 5.75 Å². The molecule has 1 rings (SSSR count). The van der Waals surface area contributed by atoms with E-state index in [0.717, 1.165) is 12.1 Å². The topological polar surface area (TPSA) is 21.6 Å². The first-order valence-electron chi connectivity index (χ1n) is 4.46. The molecule has 0 heterocycles. The molecule has 2 nitrogen and oxygen atoms in total. The SMILES string of the molecule is FC(F)(F)Oc1cc(Br)c(N=C(Cl)C(F)(F)F)c(Br)c1. The minimum absolute atomic E-state index is 0.159. The molecule has 112 valence electrons. The molecular weight excluding hydrogens is 447 g/mol. The molecule has 0 fully saturated rings. The fourth-order valence-electron chi connectivity index (χ4n) is 1.00. The predicted molar refractivity (Wildman–Crippen MR) is 67.5 cm³/mol. The van der Waals surface area contributed by atoms with E-state index >= 15 is 0 Å². The Kier molecular flexibility index (Phi) is 5.36. The van der Waals surface area contributed by atoms with E-state index in [4.69, 9.17) is 11.6 Å². The highest BCUT2D eigenvalue weighted by Gasteiger charge is 2.35. The van der Waals surface area contributed by atoms with Crippen LogP contribution in [-0.4, -0.2) is 17.7 Å². The Labute approximate surface area is 130 Å². The van der Waals surface area contributed by atoms with Crippen molar-refractivity contribution in [2.24, 2.45) is 4.99 Å². The quantitative estimate of drug-likeness (QED) is 0.405. The lowest BCUT2D eigenvalue weighted by atomic mass is 10.3. The van der Waals surface area contributed by atoms with Crippen LogP contribution >= 0.6 is 43.5 Å². The Hall–Kier alpha value is -0.480. The van der Waals surface area contributed by atoms with Gasteiger partial charge in [0.2, 0.25) is 5.17 Å². The van der Waals surface area contributed by atoms with Gasteiger partial charge in [-0.05, 0) is 44.0 Å². The summed E-state index contributed by atoms with van der Waals surface area (Å²) in [5, 5.41) is -1.66. The molecule has 0 aliphatic heterocycles. The fourth-order valence-corrected chi connectivity index (χ4v) is 2.41. The number of halogens is 9. The summed E-state index contributed by atoms with van der Waals surface area (Å²) < 4.78 is 76.1. The molecule has 0 saturated heterocycles. The second-order valence-electron chi connectivity index (χ2n) is 3.18. The third-order valence-electron chi connectivity index (χ3n) is 1.67. The Morgan fingerprint density at radius 1 is 1.05 bits per heavy atom. The molecule has 0 N–H and O–H groups in total. The third-order valence-corrected chi connectivity index (χ3v) is 3.18. The molecule has 0 unspecified atom stereocenters. The van der Waals surface area contributed by atoms with Crippen molar-refractivity contribution in [2.45, 2.75) is 12.5 Å². The van der Waals surface area contributed by atoms with Crippen LogP contribution in [-0.2, 0) is 0 Å². The van der Waals surface area contributed by atoms with Gasteiger partial charge in [-0.3, -0.25) is 0 Å². The van der Waals surface area contributed by atoms with Crippen molar-refractivity contribution in [2.75, 3.05) is 0 Å². The van der Waals surface area contributed by atoms with Crippen LogP contribution in [0.2, 0.25) is 0 Å². The molecule has 0 spiro atoms. The summed E-state index contributed by atoms with van der Waals surface area (Å²) in [5.74, 6) is -0.627. The molecule has 0 amide bonds. The fraction of sp³-hybridized carbons (Fsp3) is 0.222. The first-order valence-corrected chi connectivity index (χ1v) is 6.42. The summed E-state index contributed by atoms with van der Waals surface area (Å²) in [7, 11) is 0. The Morgan fingerprint density at radius 3 is 1.85 bits per heavy atom. The lowest BCUT2D eigenvalue weighted by molar-refractivity contribution is -0.274.